The van der Waals surface area contributed by atoms with E-state index in [9.17, 15) is 19.0 Å². The molecule has 0 spiro atoms. The zero-order valence-electron chi connectivity index (χ0n) is 46.4. The fraction of sp³-hybridized carbons (Fsp3) is 0.705. The maximum atomic E-state index is 13.5. The van der Waals surface area contributed by atoms with Crippen LogP contribution in [0.2, 0.25) is 0 Å². The molecule has 0 aliphatic rings. The zero-order valence-corrected chi connectivity index (χ0v) is 47.3. The quantitative estimate of drug-likeness (QED) is 0.0212. The van der Waals surface area contributed by atoms with Gasteiger partial charge in [-0.2, -0.15) is 0 Å². The van der Waals surface area contributed by atoms with Gasteiger partial charge in [-0.15, -0.1) is 0 Å². The Balaban J connectivity index is 5.46. The van der Waals surface area contributed by atoms with E-state index in [1.807, 2.05) is 33.3 Å². The van der Waals surface area contributed by atoms with Crippen molar-refractivity contribution in [1.29, 1.82) is 0 Å². The number of esters is 1. The summed E-state index contributed by atoms with van der Waals surface area (Å²) in [6.07, 6.45) is 66.6. The van der Waals surface area contributed by atoms with Crippen LogP contribution in [0.4, 0.5) is 0 Å². The van der Waals surface area contributed by atoms with Crippen molar-refractivity contribution >= 4 is 19.7 Å². The lowest BCUT2D eigenvalue weighted by molar-refractivity contribution is -0.870. The van der Waals surface area contributed by atoms with Crippen LogP contribution in [0.5, 0.6) is 0 Å². The Hall–Kier alpha value is -3.07. The molecule has 0 aromatic heterocycles. The van der Waals surface area contributed by atoms with E-state index in [-0.39, 0.29) is 31.3 Å². The van der Waals surface area contributed by atoms with Crippen LogP contribution in [0.1, 0.15) is 226 Å². The molecule has 0 aromatic rings. The number of unbranched alkanes of at least 4 members (excludes halogenated alkanes) is 20. The second kappa shape index (κ2) is 50.5. The SMILES string of the molecule is CC/C=C/C/C=C/C/C=C/C/C=C/CCCCCC(=O)NC(COP(=O)([O-])OCC[N+](C)(C)C)C(/C=C/CCCCCCCCCCCC)OC(=O)CCCCCC/C=C\C/C=C\C/C=C\CCCCC. The molecule has 0 radical (unpaired) electrons. The number of carbonyl (C=O) groups is 2. The van der Waals surface area contributed by atoms with Crippen molar-refractivity contribution in [1.82, 2.24) is 5.32 Å². The molecule has 0 heterocycles. The van der Waals surface area contributed by atoms with Crippen molar-refractivity contribution < 1.29 is 37.3 Å². The predicted molar refractivity (Wildman–Crippen MR) is 302 cm³/mol. The van der Waals surface area contributed by atoms with Crippen molar-refractivity contribution in [2.45, 2.75) is 238 Å². The minimum atomic E-state index is -4.71. The van der Waals surface area contributed by atoms with E-state index in [4.69, 9.17) is 13.8 Å². The van der Waals surface area contributed by atoms with Gasteiger partial charge in [-0.1, -0.05) is 202 Å². The molecule has 0 aliphatic heterocycles. The van der Waals surface area contributed by atoms with Gasteiger partial charge in [0.1, 0.15) is 19.3 Å². The van der Waals surface area contributed by atoms with Crippen LogP contribution in [-0.4, -0.2) is 69.4 Å². The average molecular weight is 1010 g/mol. The molecule has 0 aromatic carbocycles. The number of hydrogen-bond acceptors (Lipinski definition) is 7. The summed E-state index contributed by atoms with van der Waals surface area (Å²) in [7, 11) is 1.14. The highest BCUT2D eigenvalue weighted by atomic mass is 31.2. The third kappa shape index (κ3) is 51.6. The van der Waals surface area contributed by atoms with E-state index in [1.54, 1.807) is 0 Å². The normalized spacial score (nSPS) is 14.5. The molecular weight excluding hydrogens is 904 g/mol. The molecule has 9 nitrogen and oxygen atoms in total. The lowest BCUT2D eigenvalue weighted by atomic mass is 10.1. The van der Waals surface area contributed by atoms with Gasteiger partial charge in [0.2, 0.25) is 5.91 Å². The first-order valence-corrected chi connectivity index (χ1v) is 30.0. The highest BCUT2D eigenvalue weighted by Gasteiger charge is 2.27. The number of phosphoric acid groups is 1. The number of ether oxygens (including phenoxy) is 1. The first kappa shape index (κ1) is 67.9. The molecule has 408 valence electrons. The van der Waals surface area contributed by atoms with Gasteiger partial charge >= 0.3 is 5.97 Å². The van der Waals surface area contributed by atoms with E-state index in [0.717, 1.165) is 103 Å². The largest absolute Gasteiger partial charge is 0.756 e. The number of amides is 1. The van der Waals surface area contributed by atoms with Gasteiger partial charge < -0.3 is 28.5 Å². The monoisotopic (exact) mass is 1010 g/mol. The third-order valence-electron chi connectivity index (χ3n) is 12.0. The summed E-state index contributed by atoms with van der Waals surface area (Å²) in [6.45, 7) is 6.64. The molecule has 3 unspecified atom stereocenters. The molecule has 0 saturated heterocycles. The molecule has 71 heavy (non-hydrogen) atoms. The van der Waals surface area contributed by atoms with Crippen LogP contribution in [0.15, 0.2) is 97.2 Å². The summed E-state index contributed by atoms with van der Waals surface area (Å²) in [6, 6.07) is -0.919. The Kier molecular flexibility index (Phi) is 48.3. The molecule has 0 aliphatic carbocycles. The number of rotatable bonds is 50. The van der Waals surface area contributed by atoms with Crippen LogP contribution >= 0.6 is 7.82 Å². The Morgan fingerprint density at radius 3 is 1.39 bits per heavy atom. The molecule has 0 saturated carbocycles. The molecule has 1 N–H and O–H groups in total. The molecule has 0 bridgehead atoms. The van der Waals surface area contributed by atoms with Crippen molar-refractivity contribution in [3.8, 4) is 0 Å². The molecule has 0 fully saturated rings. The molecule has 10 heteroatoms. The summed E-state index contributed by atoms with van der Waals surface area (Å²) in [5.41, 5.74) is 0. The van der Waals surface area contributed by atoms with Crippen LogP contribution in [-0.2, 0) is 27.9 Å². The second-order valence-electron chi connectivity index (χ2n) is 20.1. The van der Waals surface area contributed by atoms with Crippen LogP contribution in [0.25, 0.3) is 0 Å². The average Bonchev–Trinajstić information content (AvgIpc) is 3.33. The van der Waals surface area contributed by atoms with E-state index >= 15 is 0 Å². The van der Waals surface area contributed by atoms with Crippen molar-refractivity contribution in [3.63, 3.8) is 0 Å². The Morgan fingerprint density at radius 2 is 0.901 bits per heavy atom. The first-order chi connectivity index (χ1) is 34.4. The van der Waals surface area contributed by atoms with E-state index < -0.39 is 26.6 Å². The lowest BCUT2D eigenvalue weighted by Crippen LogP contribution is -2.47. The van der Waals surface area contributed by atoms with Gasteiger partial charge in [0, 0.05) is 12.8 Å². The number of carbonyl (C=O) groups excluding carboxylic acids is 2. The number of phosphoric ester groups is 1. The summed E-state index contributed by atoms with van der Waals surface area (Å²) < 4.78 is 30.2. The van der Waals surface area contributed by atoms with Gasteiger partial charge in [0.05, 0.1) is 33.8 Å². The predicted octanol–water partition coefficient (Wildman–Crippen LogP) is 16.6. The van der Waals surface area contributed by atoms with E-state index in [1.165, 1.54) is 77.0 Å². The number of quaternary nitrogens is 1. The Labute approximate surface area is 437 Å². The van der Waals surface area contributed by atoms with Gasteiger partial charge in [-0.3, -0.25) is 14.2 Å². The summed E-state index contributed by atoms with van der Waals surface area (Å²) >= 11 is 0. The van der Waals surface area contributed by atoms with Crippen LogP contribution in [0.3, 0.4) is 0 Å². The minimum Gasteiger partial charge on any atom is -0.756 e. The number of likely N-dealkylation sites (N-methyl/N-ethyl adjacent to an activating group) is 1. The maximum Gasteiger partial charge on any atom is 0.306 e. The topological polar surface area (TPSA) is 114 Å². The van der Waals surface area contributed by atoms with Gasteiger partial charge in [0.15, 0.2) is 0 Å². The fourth-order valence-electron chi connectivity index (χ4n) is 7.58. The van der Waals surface area contributed by atoms with Gasteiger partial charge in [-0.05, 0) is 109 Å². The number of nitrogens with one attached hydrogen (secondary N) is 1. The number of nitrogens with zero attached hydrogens (tertiary/aromatic N) is 1. The standard InChI is InChI=1S/C61H107N2O7P/c1-7-10-13-16-19-22-25-28-30-32-34-36-39-42-45-48-51-54-61(65)70-59(52-49-46-43-40-37-27-24-21-18-15-12-9-3)58(57-69-71(66,67)68-56-55-63(4,5)6)62-60(64)53-50-47-44-41-38-35-33-31-29-26-23-20-17-14-11-8-2/h11,14,19-20,22-23,28-31,34-36,38,49,52,58-59H,7-10,12-13,15-18,21,24-27,32-33,37,39-48,50-51,53-57H2,1-6H3,(H-,62,64,66,67)/b14-11+,22-19-,23-20+,30-28-,31-29+,36-34-,38-35+,52-49+. The van der Waals surface area contributed by atoms with Gasteiger partial charge in [0.25, 0.3) is 7.82 Å². The summed E-state index contributed by atoms with van der Waals surface area (Å²) in [5.74, 6) is -0.610. The highest BCUT2D eigenvalue weighted by Crippen LogP contribution is 2.38. The lowest BCUT2D eigenvalue weighted by Gasteiger charge is -2.30. The number of hydrogen-bond donors (Lipinski definition) is 1. The summed E-state index contributed by atoms with van der Waals surface area (Å²) in [4.78, 5) is 39.8. The third-order valence-corrected chi connectivity index (χ3v) is 13.0. The molecular formula is C61H107N2O7P. The van der Waals surface area contributed by atoms with Crippen LogP contribution in [0, 0.1) is 0 Å². The fourth-order valence-corrected chi connectivity index (χ4v) is 8.30. The van der Waals surface area contributed by atoms with Crippen LogP contribution < -0.4 is 10.2 Å². The maximum absolute atomic E-state index is 13.5. The number of allylic oxidation sites excluding steroid dienone is 15. The first-order valence-electron chi connectivity index (χ1n) is 28.5. The Morgan fingerprint density at radius 1 is 0.507 bits per heavy atom. The van der Waals surface area contributed by atoms with Crippen molar-refractivity contribution in [2.24, 2.45) is 0 Å². The van der Waals surface area contributed by atoms with Gasteiger partial charge in [-0.25, -0.2) is 0 Å². The van der Waals surface area contributed by atoms with Crippen molar-refractivity contribution in [3.05, 3.63) is 97.2 Å². The van der Waals surface area contributed by atoms with Crippen molar-refractivity contribution in [2.75, 3.05) is 40.9 Å². The minimum absolute atomic E-state index is 0.0373. The van der Waals surface area contributed by atoms with E-state index in [2.05, 4.69) is 111 Å². The molecule has 3 atom stereocenters. The second-order valence-corrected chi connectivity index (χ2v) is 21.5. The highest BCUT2D eigenvalue weighted by molar-refractivity contribution is 7.45. The summed E-state index contributed by atoms with van der Waals surface area (Å²) in [5, 5.41) is 2.99. The Bertz CT molecular complexity index is 1540. The molecule has 0 rings (SSSR count). The van der Waals surface area contributed by atoms with E-state index in [0.29, 0.717) is 23.9 Å². The zero-order chi connectivity index (χ0) is 52.2. The smallest absolute Gasteiger partial charge is 0.306 e. The molecule has 1 amide bonds.